The second kappa shape index (κ2) is 6.27. The van der Waals surface area contributed by atoms with Crippen LogP contribution in [0.3, 0.4) is 0 Å². The molecule has 1 saturated carbocycles. The second-order valence-electron chi connectivity index (χ2n) is 6.02. The summed E-state index contributed by atoms with van der Waals surface area (Å²) in [7, 11) is 2.16. The Bertz CT molecular complexity index is 487. The van der Waals surface area contributed by atoms with E-state index in [1.165, 1.54) is 25.7 Å². The fourth-order valence-corrected chi connectivity index (χ4v) is 3.23. The zero-order valence-corrected chi connectivity index (χ0v) is 12.4. The number of primary amides is 1. The van der Waals surface area contributed by atoms with Gasteiger partial charge in [-0.3, -0.25) is 9.69 Å². The monoisotopic (exact) mass is 275 g/mol. The lowest BCUT2D eigenvalue weighted by atomic mass is 9.85. The number of hydrogen-bond donors (Lipinski definition) is 2. The highest BCUT2D eigenvalue weighted by atomic mass is 16.1. The fraction of sp³-hybridized carbons (Fsp3) is 0.562. The Kier molecular flexibility index (Phi) is 4.65. The number of benzene rings is 1. The Morgan fingerprint density at radius 2 is 2.05 bits per heavy atom. The topological polar surface area (TPSA) is 72.3 Å². The Hall–Kier alpha value is -1.55. The van der Waals surface area contributed by atoms with Gasteiger partial charge in [-0.1, -0.05) is 25.8 Å². The predicted molar refractivity (Wildman–Crippen MR) is 82.3 cm³/mol. The minimum absolute atomic E-state index is 0.433. The van der Waals surface area contributed by atoms with Gasteiger partial charge in [-0.15, -0.1) is 0 Å². The number of rotatable bonds is 4. The van der Waals surface area contributed by atoms with Crippen molar-refractivity contribution in [2.24, 2.45) is 11.7 Å². The van der Waals surface area contributed by atoms with Gasteiger partial charge in [0.15, 0.2) is 0 Å². The van der Waals surface area contributed by atoms with Crippen LogP contribution in [0.2, 0.25) is 0 Å². The van der Waals surface area contributed by atoms with Gasteiger partial charge in [-0.2, -0.15) is 0 Å². The van der Waals surface area contributed by atoms with Crippen molar-refractivity contribution < 1.29 is 4.79 Å². The fourth-order valence-electron chi connectivity index (χ4n) is 3.23. The van der Waals surface area contributed by atoms with Crippen LogP contribution in [-0.4, -0.2) is 23.9 Å². The third-order valence-electron chi connectivity index (χ3n) is 4.48. The first kappa shape index (κ1) is 14.9. The van der Waals surface area contributed by atoms with E-state index in [4.69, 9.17) is 11.5 Å². The van der Waals surface area contributed by atoms with Gasteiger partial charge in [0.1, 0.15) is 0 Å². The van der Waals surface area contributed by atoms with E-state index in [2.05, 4.69) is 18.9 Å². The number of nitrogens with two attached hydrogens (primary N) is 2. The van der Waals surface area contributed by atoms with E-state index < -0.39 is 5.91 Å². The molecule has 2 unspecified atom stereocenters. The molecule has 1 amide bonds. The first-order valence-electron chi connectivity index (χ1n) is 7.37. The van der Waals surface area contributed by atoms with Crippen LogP contribution in [0.15, 0.2) is 18.2 Å². The van der Waals surface area contributed by atoms with Crippen LogP contribution in [0, 0.1) is 5.92 Å². The summed E-state index contributed by atoms with van der Waals surface area (Å²) in [6, 6.07) is 5.97. The molecule has 0 spiro atoms. The zero-order valence-electron chi connectivity index (χ0n) is 12.4. The van der Waals surface area contributed by atoms with Crippen molar-refractivity contribution in [3.63, 3.8) is 0 Å². The average molecular weight is 275 g/mol. The summed E-state index contributed by atoms with van der Waals surface area (Å²) in [6.45, 7) is 3.15. The molecule has 2 atom stereocenters. The number of anilines is 1. The van der Waals surface area contributed by atoms with Crippen LogP contribution in [0.4, 0.5) is 5.69 Å². The third kappa shape index (κ3) is 3.31. The van der Waals surface area contributed by atoms with Crippen molar-refractivity contribution in [2.45, 2.75) is 45.2 Å². The Morgan fingerprint density at radius 1 is 1.35 bits per heavy atom. The molecule has 1 aromatic carbocycles. The van der Waals surface area contributed by atoms with Crippen LogP contribution in [-0.2, 0) is 6.54 Å². The van der Waals surface area contributed by atoms with Crippen LogP contribution >= 0.6 is 0 Å². The molecular formula is C16H25N3O. The van der Waals surface area contributed by atoms with Crippen LogP contribution in [0.5, 0.6) is 0 Å². The van der Waals surface area contributed by atoms with Crippen LogP contribution in [0.1, 0.15) is 48.5 Å². The molecule has 4 heteroatoms. The highest BCUT2D eigenvalue weighted by Gasteiger charge is 2.25. The maximum absolute atomic E-state index is 11.1. The lowest BCUT2D eigenvalue weighted by Crippen LogP contribution is -2.38. The standard InChI is InChI=1S/C16H25N3O/c1-11-5-3-4-6-15(11)19(2)10-13-8-7-12(16(18)20)9-14(13)17/h7-9,11,15H,3-6,10,17H2,1-2H3,(H2,18,20). The number of hydrogen-bond acceptors (Lipinski definition) is 3. The van der Waals surface area contributed by atoms with E-state index in [0.717, 1.165) is 18.0 Å². The molecule has 1 aliphatic rings. The van der Waals surface area contributed by atoms with Gasteiger partial charge in [0, 0.05) is 23.8 Å². The number of carbonyl (C=O) groups excluding carboxylic acids is 1. The van der Waals surface area contributed by atoms with Crippen molar-refractivity contribution >= 4 is 11.6 Å². The summed E-state index contributed by atoms with van der Waals surface area (Å²) in [4.78, 5) is 13.5. The molecule has 0 aliphatic heterocycles. The lowest BCUT2D eigenvalue weighted by Gasteiger charge is -2.36. The van der Waals surface area contributed by atoms with Gasteiger partial charge < -0.3 is 11.5 Å². The van der Waals surface area contributed by atoms with E-state index in [1.807, 2.05) is 6.07 Å². The number of nitrogen functional groups attached to an aromatic ring is 1. The minimum Gasteiger partial charge on any atom is -0.398 e. The number of nitrogens with zero attached hydrogens (tertiary/aromatic N) is 1. The maximum atomic E-state index is 11.1. The first-order chi connectivity index (χ1) is 9.49. The molecule has 20 heavy (non-hydrogen) atoms. The maximum Gasteiger partial charge on any atom is 0.248 e. The normalized spacial score (nSPS) is 22.9. The van der Waals surface area contributed by atoms with Crippen molar-refractivity contribution in [3.05, 3.63) is 29.3 Å². The SMILES string of the molecule is CC1CCCCC1N(C)Cc1ccc(C(N)=O)cc1N. The summed E-state index contributed by atoms with van der Waals surface area (Å²) in [5.41, 5.74) is 13.5. The summed E-state index contributed by atoms with van der Waals surface area (Å²) in [6.07, 6.45) is 5.23. The Labute approximate surface area is 121 Å². The average Bonchev–Trinajstić information content (AvgIpc) is 2.41. The largest absolute Gasteiger partial charge is 0.398 e. The summed E-state index contributed by atoms with van der Waals surface area (Å²) >= 11 is 0. The predicted octanol–water partition coefficient (Wildman–Crippen LogP) is 2.38. The zero-order chi connectivity index (χ0) is 14.7. The molecule has 4 nitrogen and oxygen atoms in total. The van der Waals surface area contributed by atoms with E-state index >= 15 is 0 Å². The van der Waals surface area contributed by atoms with Crippen molar-refractivity contribution in [3.8, 4) is 0 Å². The van der Waals surface area contributed by atoms with E-state index in [-0.39, 0.29) is 0 Å². The molecule has 0 heterocycles. The molecule has 1 aliphatic carbocycles. The minimum atomic E-state index is -0.433. The molecule has 1 aromatic rings. The lowest BCUT2D eigenvalue weighted by molar-refractivity contribution is 0.100. The number of amides is 1. The van der Waals surface area contributed by atoms with Crippen molar-refractivity contribution in [2.75, 3.05) is 12.8 Å². The smallest absolute Gasteiger partial charge is 0.248 e. The molecule has 0 radical (unpaired) electrons. The van der Waals surface area contributed by atoms with Crippen LogP contribution < -0.4 is 11.5 Å². The highest BCUT2D eigenvalue weighted by molar-refractivity contribution is 5.93. The van der Waals surface area contributed by atoms with Gasteiger partial charge in [0.25, 0.3) is 0 Å². The molecule has 2 rings (SSSR count). The van der Waals surface area contributed by atoms with Gasteiger partial charge in [-0.05, 0) is 43.5 Å². The van der Waals surface area contributed by atoms with E-state index in [1.54, 1.807) is 12.1 Å². The summed E-state index contributed by atoms with van der Waals surface area (Å²) in [5.74, 6) is 0.303. The van der Waals surface area contributed by atoms with Gasteiger partial charge in [0.2, 0.25) is 5.91 Å². The van der Waals surface area contributed by atoms with Crippen LogP contribution in [0.25, 0.3) is 0 Å². The van der Waals surface area contributed by atoms with Crippen molar-refractivity contribution in [1.29, 1.82) is 0 Å². The van der Waals surface area contributed by atoms with Gasteiger partial charge >= 0.3 is 0 Å². The third-order valence-corrected chi connectivity index (χ3v) is 4.48. The molecule has 0 bridgehead atoms. The first-order valence-corrected chi connectivity index (χ1v) is 7.37. The number of carbonyl (C=O) groups is 1. The van der Waals surface area contributed by atoms with Gasteiger partial charge in [-0.25, -0.2) is 0 Å². The van der Waals surface area contributed by atoms with Crippen molar-refractivity contribution in [1.82, 2.24) is 4.90 Å². The molecule has 1 fully saturated rings. The molecule has 0 aromatic heterocycles. The second-order valence-corrected chi connectivity index (χ2v) is 6.02. The molecule has 110 valence electrons. The Morgan fingerprint density at radius 3 is 2.65 bits per heavy atom. The van der Waals surface area contributed by atoms with E-state index in [9.17, 15) is 4.79 Å². The molecular weight excluding hydrogens is 250 g/mol. The highest BCUT2D eigenvalue weighted by Crippen LogP contribution is 2.29. The Balaban J connectivity index is 2.07. The van der Waals surface area contributed by atoms with Gasteiger partial charge in [0.05, 0.1) is 0 Å². The quantitative estimate of drug-likeness (QED) is 0.829. The molecule has 4 N–H and O–H groups in total. The summed E-state index contributed by atoms with van der Waals surface area (Å²) in [5, 5.41) is 0. The van der Waals surface area contributed by atoms with E-state index in [0.29, 0.717) is 17.3 Å². The summed E-state index contributed by atoms with van der Waals surface area (Å²) < 4.78 is 0. The molecule has 0 saturated heterocycles.